The lowest BCUT2D eigenvalue weighted by atomic mass is 10.0. The van der Waals surface area contributed by atoms with Gasteiger partial charge in [0, 0.05) is 17.3 Å². The fourth-order valence-corrected chi connectivity index (χ4v) is 6.68. The van der Waals surface area contributed by atoms with Crippen molar-refractivity contribution in [2.24, 2.45) is 0 Å². The molecule has 2 amide bonds. The van der Waals surface area contributed by atoms with E-state index in [-0.39, 0.29) is 29.7 Å². The first-order valence-corrected chi connectivity index (χ1v) is 12.5. The van der Waals surface area contributed by atoms with Crippen LogP contribution < -0.4 is 10.6 Å². The molecule has 1 fully saturated rings. The molecule has 3 rings (SSSR count). The van der Waals surface area contributed by atoms with Gasteiger partial charge in [-0.3, -0.25) is 9.59 Å². The lowest BCUT2D eigenvalue weighted by Gasteiger charge is -2.28. The third-order valence-corrected chi connectivity index (χ3v) is 8.77. The molecular weight excluding hydrogens is 424 g/mol. The quantitative estimate of drug-likeness (QED) is 0.671. The normalized spacial score (nSPS) is 15.6. The molecule has 6 nitrogen and oxygen atoms in total. The standard InChI is InChI=1S/C25H32N2O4S/c1-16(2)26-23(28)21-15-20(11-10-18(21)4)27-24(29)25(12-6-7-13-25)32(30,31)22-14-17(3)8-9-19(22)5/h8-11,14-16H,6-7,12-13H2,1-5H3,(H,26,28)(H,27,29). The van der Waals surface area contributed by atoms with Crippen molar-refractivity contribution in [3.63, 3.8) is 0 Å². The second-order valence-electron chi connectivity index (χ2n) is 9.09. The molecule has 2 aromatic carbocycles. The number of anilines is 1. The number of benzene rings is 2. The van der Waals surface area contributed by atoms with Crippen LogP contribution in [0.3, 0.4) is 0 Å². The maximum atomic E-state index is 13.8. The van der Waals surface area contributed by atoms with Crippen LogP contribution in [0.5, 0.6) is 0 Å². The molecular formula is C25H32N2O4S. The Kier molecular flexibility index (Phi) is 6.79. The second kappa shape index (κ2) is 9.06. The van der Waals surface area contributed by atoms with Crippen LogP contribution in [-0.2, 0) is 14.6 Å². The number of sulfone groups is 1. The highest BCUT2D eigenvalue weighted by atomic mass is 32.2. The van der Waals surface area contributed by atoms with E-state index in [4.69, 9.17) is 0 Å². The maximum absolute atomic E-state index is 13.8. The summed E-state index contributed by atoms with van der Waals surface area (Å²) < 4.78 is 26.1. The molecule has 0 radical (unpaired) electrons. The van der Waals surface area contributed by atoms with Crippen LogP contribution in [0.25, 0.3) is 0 Å². The van der Waals surface area contributed by atoms with Gasteiger partial charge in [0.15, 0.2) is 14.6 Å². The average molecular weight is 457 g/mol. The topological polar surface area (TPSA) is 92.3 Å². The number of hydrogen-bond donors (Lipinski definition) is 2. The molecule has 32 heavy (non-hydrogen) atoms. The predicted molar refractivity (Wildman–Crippen MR) is 127 cm³/mol. The zero-order chi connectivity index (χ0) is 23.7. The van der Waals surface area contributed by atoms with Crippen LogP contribution in [0.2, 0.25) is 0 Å². The van der Waals surface area contributed by atoms with E-state index < -0.39 is 20.5 Å². The second-order valence-corrected chi connectivity index (χ2v) is 11.3. The van der Waals surface area contributed by atoms with Crippen molar-refractivity contribution >= 4 is 27.3 Å². The summed E-state index contributed by atoms with van der Waals surface area (Å²) in [6.07, 6.45) is 1.91. The van der Waals surface area contributed by atoms with Gasteiger partial charge in [0.1, 0.15) is 0 Å². The van der Waals surface area contributed by atoms with E-state index in [1.54, 1.807) is 37.3 Å². The zero-order valence-corrected chi connectivity index (χ0v) is 20.2. The smallest absolute Gasteiger partial charge is 0.251 e. The Morgan fingerprint density at radius 1 is 0.938 bits per heavy atom. The van der Waals surface area contributed by atoms with Crippen LogP contribution in [0.15, 0.2) is 41.3 Å². The molecule has 0 unspecified atom stereocenters. The van der Waals surface area contributed by atoms with Gasteiger partial charge < -0.3 is 10.6 Å². The predicted octanol–water partition coefficient (Wildman–Crippen LogP) is 4.48. The molecule has 2 aromatic rings. The molecule has 0 heterocycles. The number of hydrogen-bond acceptors (Lipinski definition) is 4. The summed E-state index contributed by atoms with van der Waals surface area (Å²) in [5.74, 6) is -0.762. The Balaban J connectivity index is 1.98. The minimum absolute atomic E-state index is 0.0235. The molecule has 0 spiro atoms. The van der Waals surface area contributed by atoms with Gasteiger partial charge >= 0.3 is 0 Å². The first-order chi connectivity index (χ1) is 15.0. The molecule has 1 aliphatic rings. The highest BCUT2D eigenvalue weighted by molar-refractivity contribution is 7.93. The number of carbonyl (C=O) groups excluding carboxylic acids is 2. The van der Waals surface area contributed by atoms with Crippen molar-refractivity contribution in [1.29, 1.82) is 0 Å². The maximum Gasteiger partial charge on any atom is 0.251 e. The van der Waals surface area contributed by atoms with E-state index in [1.807, 2.05) is 33.8 Å². The van der Waals surface area contributed by atoms with Crippen LogP contribution >= 0.6 is 0 Å². The lowest BCUT2D eigenvalue weighted by molar-refractivity contribution is -0.118. The molecule has 1 aliphatic carbocycles. The minimum atomic E-state index is -3.91. The SMILES string of the molecule is Cc1ccc(C)c(S(=O)(=O)C2(C(=O)Nc3ccc(C)c(C(=O)NC(C)C)c3)CCCC2)c1. The first kappa shape index (κ1) is 24.0. The van der Waals surface area contributed by atoms with Crippen LogP contribution in [0.4, 0.5) is 5.69 Å². The summed E-state index contributed by atoms with van der Waals surface area (Å²) >= 11 is 0. The van der Waals surface area contributed by atoms with Crippen molar-refractivity contribution in [1.82, 2.24) is 5.32 Å². The zero-order valence-electron chi connectivity index (χ0n) is 19.4. The monoisotopic (exact) mass is 456 g/mol. The van der Waals surface area contributed by atoms with Gasteiger partial charge in [-0.15, -0.1) is 0 Å². The highest BCUT2D eigenvalue weighted by Gasteiger charge is 2.53. The third kappa shape index (κ3) is 4.44. The number of amides is 2. The Hall–Kier alpha value is -2.67. The summed E-state index contributed by atoms with van der Waals surface area (Å²) in [6, 6.07) is 10.3. The van der Waals surface area contributed by atoms with Gasteiger partial charge in [0.25, 0.3) is 5.91 Å². The number of rotatable bonds is 6. The van der Waals surface area contributed by atoms with E-state index in [1.165, 1.54) is 0 Å². The average Bonchev–Trinajstić information content (AvgIpc) is 3.22. The first-order valence-electron chi connectivity index (χ1n) is 11.0. The van der Waals surface area contributed by atoms with Crippen LogP contribution in [0, 0.1) is 20.8 Å². The third-order valence-electron chi connectivity index (χ3n) is 6.13. The number of carbonyl (C=O) groups is 2. The highest BCUT2D eigenvalue weighted by Crippen LogP contribution is 2.42. The van der Waals surface area contributed by atoms with Crippen molar-refractivity contribution in [3.05, 3.63) is 58.7 Å². The molecule has 0 atom stereocenters. The van der Waals surface area contributed by atoms with E-state index >= 15 is 0 Å². The van der Waals surface area contributed by atoms with Crippen LogP contribution in [-0.4, -0.2) is 31.0 Å². The molecule has 2 N–H and O–H groups in total. The minimum Gasteiger partial charge on any atom is -0.350 e. The molecule has 0 aromatic heterocycles. The largest absolute Gasteiger partial charge is 0.350 e. The number of aryl methyl sites for hydroxylation is 3. The molecule has 0 saturated heterocycles. The molecule has 0 bridgehead atoms. The van der Waals surface area contributed by atoms with Gasteiger partial charge in [-0.2, -0.15) is 0 Å². The fourth-order valence-electron chi connectivity index (χ4n) is 4.30. The van der Waals surface area contributed by atoms with Gasteiger partial charge in [-0.05, 0) is 82.3 Å². The van der Waals surface area contributed by atoms with E-state index in [0.29, 0.717) is 29.7 Å². The van der Waals surface area contributed by atoms with Gasteiger partial charge in [0.05, 0.1) is 4.90 Å². The number of nitrogens with one attached hydrogen (secondary N) is 2. The van der Waals surface area contributed by atoms with Gasteiger partial charge in [0.2, 0.25) is 5.91 Å². The van der Waals surface area contributed by atoms with E-state index in [0.717, 1.165) is 11.1 Å². The lowest BCUT2D eigenvalue weighted by Crippen LogP contribution is -2.47. The Bertz CT molecular complexity index is 1150. The van der Waals surface area contributed by atoms with Gasteiger partial charge in [-0.25, -0.2) is 8.42 Å². The van der Waals surface area contributed by atoms with Crippen molar-refractivity contribution in [2.45, 2.75) is 76.0 Å². The molecule has 1 saturated carbocycles. The van der Waals surface area contributed by atoms with Gasteiger partial charge in [-0.1, -0.05) is 31.0 Å². The molecule has 0 aliphatic heterocycles. The van der Waals surface area contributed by atoms with Crippen LogP contribution in [0.1, 0.15) is 66.6 Å². The summed E-state index contributed by atoms with van der Waals surface area (Å²) in [4.78, 5) is 26.3. The Morgan fingerprint density at radius 2 is 1.56 bits per heavy atom. The summed E-state index contributed by atoms with van der Waals surface area (Å²) in [7, 11) is -3.91. The van der Waals surface area contributed by atoms with E-state index in [9.17, 15) is 18.0 Å². The van der Waals surface area contributed by atoms with Crippen molar-refractivity contribution in [3.8, 4) is 0 Å². The Labute approximate surface area is 190 Å². The summed E-state index contributed by atoms with van der Waals surface area (Å²) in [6.45, 7) is 9.17. The Morgan fingerprint density at radius 3 is 2.19 bits per heavy atom. The summed E-state index contributed by atoms with van der Waals surface area (Å²) in [5.41, 5.74) is 3.12. The molecule has 172 valence electrons. The van der Waals surface area contributed by atoms with E-state index in [2.05, 4.69) is 10.6 Å². The van der Waals surface area contributed by atoms with Crippen molar-refractivity contribution < 1.29 is 18.0 Å². The molecule has 7 heteroatoms. The van der Waals surface area contributed by atoms with Crippen molar-refractivity contribution in [2.75, 3.05) is 5.32 Å². The summed E-state index contributed by atoms with van der Waals surface area (Å²) in [5, 5.41) is 5.67. The fraction of sp³-hybridized carbons (Fsp3) is 0.440.